The molecule has 0 amide bonds. The molecule has 116 valence electrons. The van der Waals surface area contributed by atoms with Gasteiger partial charge in [-0.25, -0.2) is 0 Å². The van der Waals surface area contributed by atoms with Gasteiger partial charge in [0.1, 0.15) is 5.75 Å². The molecule has 0 atom stereocenters. The maximum Gasteiger partial charge on any atom is 0.278 e. The zero-order valence-electron chi connectivity index (χ0n) is 12.5. The minimum Gasteiger partial charge on any atom is -0.496 e. The van der Waals surface area contributed by atoms with E-state index in [0.29, 0.717) is 16.9 Å². The minimum absolute atomic E-state index is 0.137. The van der Waals surface area contributed by atoms with Crippen molar-refractivity contribution in [2.75, 3.05) is 7.11 Å². The normalized spacial score (nSPS) is 11.3. The highest BCUT2D eigenvalue weighted by Gasteiger charge is 2.29. The molecule has 1 N–H and O–H groups in total. The molecule has 0 bridgehead atoms. The number of nitrogens with zero attached hydrogens (tertiary/aromatic N) is 1. The Morgan fingerprint density at radius 3 is 2.36 bits per heavy atom. The number of nitro benzene ring substituents is 1. The standard InChI is InChI=1S/C16H16ClNO4/c1-16(2,19)10-6-4-9-13(22-3)14(10)15-11(17)7-5-8-12(15)18(20)21/h4-9,19H,1-3H3. The van der Waals surface area contributed by atoms with Gasteiger partial charge in [-0.3, -0.25) is 10.1 Å². The van der Waals surface area contributed by atoms with Crippen molar-refractivity contribution in [2.24, 2.45) is 0 Å². The summed E-state index contributed by atoms with van der Waals surface area (Å²) in [5.74, 6) is 0.413. The molecule has 0 aliphatic carbocycles. The smallest absolute Gasteiger partial charge is 0.278 e. The van der Waals surface area contributed by atoms with Gasteiger partial charge >= 0.3 is 0 Å². The van der Waals surface area contributed by atoms with E-state index in [-0.39, 0.29) is 16.3 Å². The Balaban J connectivity index is 2.92. The van der Waals surface area contributed by atoms with Gasteiger partial charge in [0.15, 0.2) is 0 Å². The molecule has 0 fully saturated rings. The van der Waals surface area contributed by atoms with Gasteiger partial charge in [0.2, 0.25) is 0 Å². The van der Waals surface area contributed by atoms with Crippen molar-refractivity contribution in [3.8, 4) is 16.9 Å². The number of nitro groups is 1. The Morgan fingerprint density at radius 2 is 1.82 bits per heavy atom. The summed E-state index contributed by atoms with van der Waals surface area (Å²) < 4.78 is 5.33. The average Bonchev–Trinajstić information content (AvgIpc) is 2.45. The molecule has 0 aliphatic heterocycles. The van der Waals surface area contributed by atoms with Gasteiger partial charge in [-0.15, -0.1) is 0 Å². The zero-order chi connectivity index (χ0) is 16.5. The number of ether oxygens (including phenoxy) is 1. The van der Waals surface area contributed by atoms with E-state index in [1.165, 1.54) is 19.2 Å². The summed E-state index contributed by atoms with van der Waals surface area (Å²) in [4.78, 5) is 10.9. The lowest BCUT2D eigenvalue weighted by atomic mass is 9.88. The second kappa shape index (κ2) is 5.94. The van der Waals surface area contributed by atoms with Crippen LogP contribution in [0.15, 0.2) is 36.4 Å². The van der Waals surface area contributed by atoms with Crippen molar-refractivity contribution in [3.63, 3.8) is 0 Å². The molecule has 6 heteroatoms. The van der Waals surface area contributed by atoms with E-state index >= 15 is 0 Å². The fourth-order valence-corrected chi connectivity index (χ4v) is 2.65. The second-order valence-electron chi connectivity index (χ2n) is 5.33. The van der Waals surface area contributed by atoms with Gasteiger partial charge in [-0.1, -0.05) is 29.8 Å². The monoisotopic (exact) mass is 321 g/mol. The molecule has 0 heterocycles. The molecule has 0 saturated heterocycles. The third-order valence-corrected chi connectivity index (χ3v) is 3.66. The van der Waals surface area contributed by atoms with Crippen molar-refractivity contribution in [1.82, 2.24) is 0 Å². The van der Waals surface area contributed by atoms with Crippen LogP contribution >= 0.6 is 11.6 Å². The summed E-state index contributed by atoms with van der Waals surface area (Å²) in [6.07, 6.45) is 0. The average molecular weight is 322 g/mol. The molecule has 2 aromatic carbocycles. The van der Waals surface area contributed by atoms with Gasteiger partial charge in [-0.2, -0.15) is 0 Å². The second-order valence-corrected chi connectivity index (χ2v) is 5.74. The summed E-state index contributed by atoms with van der Waals surface area (Å²) in [7, 11) is 1.47. The molecule has 0 aliphatic rings. The molecule has 22 heavy (non-hydrogen) atoms. The van der Waals surface area contributed by atoms with Crippen LogP contribution in [0, 0.1) is 10.1 Å². The maximum atomic E-state index is 11.4. The lowest BCUT2D eigenvalue weighted by molar-refractivity contribution is -0.384. The minimum atomic E-state index is -1.21. The van der Waals surface area contributed by atoms with Gasteiger partial charge in [0, 0.05) is 11.6 Å². The van der Waals surface area contributed by atoms with Crippen LogP contribution in [0.4, 0.5) is 5.69 Å². The molecular weight excluding hydrogens is 306 g/mol. The van der Waals surface area contributed by atoms with Crippen LogP contribution in [0.5, 0.6) is 5.75 Å². The molecule has 0 unspecified atom stereocenters. The SMILES string of the molecule is COc1cccc(C(C)(C)O)c1-c1c(Cl)cccc1[N+](=O)[O-]. The largest absolute Gasteiger partial charge is 0.496 e. The Morgan fingerprint density at radius 1 is 1.18 bits per heavy atom. The molecule has 2 rings (SSSR count). The molecule has 0 spiro atoms. The predicted octanol–water partition coefficient (Wildman–Crippen LogP) is 4.15. The molecule has 2 aromatic rings. The van der Waals surface area contributed by atoms with Gasteiger partial charge < -0.3 is 9.84 Å². The Labute approximate surface area is 133 Å². The first kappa shape index (κ1) is 16.3. The van der Waals surface area contributed by atoms with E-state index in [2.05, 4.69) is 0 Å². The highest BCUT2D eigenvalue weighted by molar-refractivity contribution is 6.34. The fourth-order valence-electron chi connectivity index (χ4n) is 2.38. The van der Waals surface area contributed by atoms with Gasteiger partial charge in [0.25, 0.3) is 5.69 Å². The van der Waals surface area contributed by atoms with Gasteiger partial charge in [0.05, 0.1) is 28.2 Å². The number of hydrogen-bond donors (Lipinski definition) is 1. The predicted molar refractivity (Wildman–Crippen MR) is 85.3 cm³/mol. The lowest BCUT2D eigenvalue weighted by Gasteiger charge is -2.23. The van der Waals surface area contributed by atoms with Crippen LogP contribution in [0.25, 0.3) is 11.1 Å². The number of aliphatic hydroxyl groups is 1. The van der Waals surface area contributed by atoms with Crippen LogP contribution in [-0.4, -0.2) is 17.1 Å². The van der Waals surface area contributed by atoms with E-state index in [9.17, 15) is 15.2 Å². The summed E-state index contributed by atoms with van der Waals surface area (Å²) in [6.45, 7) is 3.21. The van der Waals surface area contributed by atoms with Gasteiger partial charge in [-0.05, 0) is 31.5 Å². The Hall–Kier alpha value is -2.11. The van der Waals surface area contributed by atoms with Crippen LogP contribution in [0.3, 0.4) is 0 Å². The van der Waals surface area contributed by atoms with E-state index < -0.39 is 10.5 Å². The Kier molecular flexibility index (Phi) is 4.39. The summed E-state index contributed by atoms with van der Waals surface area (Å²) in [6, 6.07) is 9.57. The van der Waals surface area contributed by atoms with E-state index in [0.717, 1.165) is 0 Å². The fraction of sp³-hybridized carbons (Fsp3) is 0.250. The van der Waals surface area contributed by atoms with E-state index in [1.54, 1.807) is 38.1 Å². The first-order valence-electron chi connectivity index (χ1n) is 6.60. The summed E-state index contributed by atoms with van der Waals surface area (Å²) in [5.41, 5.74) is -0.180. The van der Waals surface area contributed by atoms with Crippen LogP contribution in [0.1, 0.15) is 19.4 Å². The molecule has 5 nitrogen and oxygen atoms in total. The highest BCUT2D eigenvalue weighted by Crippen LogP contribution is 2.45. The topological polar surface area (TPSA) is 72.6 Å². The van der Waals surface area contributed by atoms with Crippen LogP contribution in [0.2, 0.25) is 5.02 Å². The number of hydrogen-bond acceptors (Lipinski definition) is 4. The molecule has 0 radical (unpaired) electrons. The number of rotatable bonds is 4. The Bertz CT molecular complexity index is 723. The van der Waals surface area contributed by atoms with Crippen LogP contribution in [-0.2, 0) is 5.60 Å². The maximum absolute atomic E-state index is 11.4. The number of methoxy groups -OCH3 is 1. The number of benzene rings is 2. The summed E-state index contributed by atoms with van der Waals surface area (Å²) >= 11 is 6.22. The molecule has 0 aromatic heterocycles. The third-order valence-electron chi connectivity index (χ3n) is 3.34. The molecular formula is C16H16ClNO4. The van der Waals surface area contributed by atoms with Crippen molar-refractivity contribution in [2.45, 2.75) is 19.4 Å². The first-order chi connectivity index (χ1) is 10.3. The zero-order valence-corrected chi connectivity index (χ0v) is 13.2. The molecule has 0 saturated carbocycles. The number of halogens is 1. The van der Waals surface area contributed by atoms with E-state index in [4.69, 9.17) is 16.3 Å². The first-order valence-corrected chi connectivity index (χ1v) is 6.98. The van der Waals surface area contributed by atoms with Crippen LogP contribution < -0.4 is 4.74 Å². The van der Waals surface area contributed by atoms with E-state index in [1.807, 2.05) is 0 Å². The highest BCUT2D eigenvalue weighted by atomic mass is 35.5. The van der Waals surface area contributed by atoms with Crippen molar-refractivity contribution in [1.29, 1.82) is 0 Å². The third kappa shape index (κ3) is 2.91. The van der Waals surface area contributed by atoms with Crippen molar-refractivity contribution >= 4 is 17.3 Å². The van der Waals surface area contributed by atoms with Crippen molar-refractivity contribution in [3.05, 3.63) is 57.1 Å². The quantitative estimate of drug-likeness (QED) is 0.678. The lowest BCUT2D eigenvalue weighted by Crippen LogP contribution is -2.17. The van der Waals surface area contributed by atoms with Crippen molar-refractivity contribution < 1.29 is 14.8 Å². The summed E-state index contributed by atoms with van der Waals surface area (Å²) in [5, 5.41) is 22.0.